The average Bonchev–Trinajstić information content (AvgIpc) is 2.86. The molecular weight excluding hydrogens is 260 g/mol. The summed E-state index contributed by atoms with van der Waals surface area (Å²) >= 11 is 0. The first-order valence-corrected chi connectivity index (χ1v) is 7.30. The van der Waals surface area contributed by atoms with E-state index in [1.165, 1.54) is 0 Å². The third kappa shape index (κ3) is 2.61. The van der Waals surface area contributed by atoms with E-state index in [9.17, 15) is 14.7 Å². The van der Waals surface area contributed by atoms with Gasteiger partial charge in [0, 0.05) is 19.6 Å². The van der Waals surface area contributed by atoms with Crippen LogP contribution in [0.15, 0.2) is 0 Å². The molecule has 6 heteroatoms. The van der Waals surface area contributed by atoms with Crippen molar-refractivity contribution in [2.75, 3.05) is 26.2 Å². The van der Waals surface area contributed by atoms with E-state index in [0.29, 0.717) is 39.1 Å². The molecule has 0 spiro atoms. The lowest BCUT2D eigenvalue weighted by Crippen LogP contribution is -2.54. The van der Waals surface area contributed by atoms with Crippen molar-refractivity contribution >= 4 is 12.0 Å². The highest BCUT2D eigenvalue weighted by molar-refractivity contribution is 5.80. The Morgan fingerprint density at radius 3 is 2.65 bits per heavy atom. The summed E-state index contributed by atoms with van der Waals surface area (Å²) in [6, 6.07) is -0.00983. The van der Waals surface area contributed by atoms with Crippen molar-refractivity contribution in [2.24, 2.45) is 5.41 Å². The second kappa shape index (κ2) is 5.60. The summed E-state index contributed by atoms with van der Waals surface area (Å²) in [5, 5.41) is 9.40. The number of rotatable bonds is 2. The lowest BCUT2D eigenvalue weighted by atomic mass is 9.84. The Morgan fingerprint density at radius 1 is 1.40 bits per heavy atom. The molecule has 2 heterocycles. The summed E-state index contributed by atoms with van der Waals surface area (Å²) in [5.74, 6) is -0.793. The van der Waals surface area contributed by atoms with Crippen molar-refractivity contribution in [3.63, 3.8) is 0 Å². The Labute approximate surface area is 119 Å². The number of aliphatic carboxylic acids is 1. The van der Waals surface area contributed by atoms with Gasteiger partial charge in [-0.2, -0.15) is 0 Å². The second-order valence-corrected chi connectivity index (χ2v) is 6.04. The number of likely N-dealkylation sites (tertiary alicyclic amines) is 1. The minimum absolute atomic E-state index is 0.0353. The van der Waals surface area contributed by atoms with Crippen LogP contribution in [0.5, 0.6) is 0 Å². The predicted octanol–water partition coefficient (Wildman–Crippen LogP) is 1.40. The molecular formula is C14H24N2O4. The van der Waals surface area contributed by atoms with Crippen LogP contribution < -0.4 is 0 Å². The van der Waals surface area contributed by atoms with Crippen molar-refractivity contribution in [3.8, 4) is 0 Å². The van der Waals surface area contributed by atoms with Gasteiger partial charge in [0.15, 0.2) is 0 Å². The third-order valence-corrected chi connectivity index (χ3v) is 4.61. The number of morpholine rings is 1. The van der Waals surface area contributed by atoms with Crippen molar-refractivity contribution < 1.29 is 19.4 Å². The van der Waals surface area contributed by atoms with Crippen LogP contribution in [0.1, 0.15) is 33.6 Å². The summed E-state index contributed by atoms with van der Waals surface area (Å²) in [6.07, 6.45) is 1.13. The normalized spacial score (nSPS) is 34.4. The van der Waals surface area contributed by atoms with Gasteiger partial charge in [-0.3, -0.25) is 4.79 Å². The van der Waals surface area contributed by atoms with Gasteiger partial charge in [0.25, 0.3) is 0 Å². The number of carbonyl (C=O) groups is 2. The molecule has 6 nitrogen and oxygen atoms in total. The molecule has 20 heavy (non-hydrogen) atoms. The Morgan fingerprint density at radius 2 is 2.10 bits per heavy atom. The summed E-state index contributed by atoms with van der Waals surface area (Å²) in [5.41, 5.74) is -0.767. The van der Waals surface area contributed by atoms with E-state index in [0.717, 1.165) is 0 Å². The van der Waals surface area contributed by atoms with Crippen LogP contribution in [0.4, 0.5) is 4.79 Å². The second-order valence-electron chi connectivity index (χ2n) is 6.04. The SMILES string of the molecule is CCC1(C(=O)O)CCN(C(=O)N2CC(C)OCC2C)C1. The molecule has 2 saturated heterocycles. The molecule has 0 bridgehead atoms. The maximum Gasteiger partial charge on any atom is 0.320 e. The number of nitrogens with zero attached hydrogens (tertiary/aromatic N) is 2. The Kier molecular flexibility index (Phi) is 4.22. The molecule has 0 saturated carbocycles. The molecule has 1 N–H and O–H groups in total. The number of carbonyl (C=O) groups excluding carboxylic acids is 1. The molecule has 0 aromatic heterocycles. The van der Waals surface area contributed by atoms with Crippen LogP contribution in [-0.2, 0) is 9.53 Å². The fourth-order valence-corrected chi connectivity index (χ4v) is 3.00. The van der Waals surface area contributed by atoms with Gasteiger partial charge >= 0.3 is 12.0 Å². The first-order valence-electron chi connectivity index (χ1n) is 7.30. The molecule has 0 aliphatic carbocycles. The zero-order chi connectivity index (χ0) is 14.9. The summed E-state index contributed by atoms with van der Waals surface area (Å²) in [7, 11) is 0. The number of ether oxygens (including phenoxy) is 1. The largest absolute Gasteiger partial charge is 0.481 e. The zero-order valence-electron chi connectivity index (χ0n) is 12.5. The minimum atomic E-state index is -0.793. The lowest BCUT2D eigenvalue weighted by Gasteiger charge is -2.39. The number of urea groups is 1. The Balaban J connectivity index is 2.05. The maximum absolute atomic E-state index is 12.6. The summed E-state index contributed by atoms with van der Waals surface area (Å²) < 4.78 is 5.53. The first-order chi connectivity index (χ1) is 9.39. The molecule has 114 valence electrons. The molecule has 2 aliphatic heterocycles. The van der Waals surface area contributed by atoms with Crippen LogP contribution in [-0.4, -0.2) is 65.3 Å². The van der Waals surface area contributed by atoms with Gasteiger partial charge in [-0.25, -0.2) is 4.79 Å². The number of amides is 2. The van der Waals surface area contributed by atoms with Crippen LogP contribution in [0.2, 0.25) is 0 Å². The van der Waals surface area contributed by atoms with Crippen LogP contribution in [0, 0.1) is 5.41 Å². The number of hydrogen-bond acceptors (Lipinski definition) is 3. The van der Waals surface area contributed by atoms with Crippen molar-refractivity contribution in [3.05, 3.63) is 0 Å². The molecule has 0 aromatic rings. The van der Waals surface area contributed by atoms with Gasteiger partial charge in [0.1, 0.15) is 0 Å². The highest BCUT2D eigenvalue weighted by Crippen LogP contribution is 2.35. The molecule has 0 aromatic carbocycles. The van der Waals surface area contributed by atoms with E-state index >= 15 is 0 Å². The highest BCUT2D eigenvalue weighted by atomic mass is 16.5. The summed E-state index contributed by atoms with van der Waals surface area (Å²) in [4.78, 5) is 27.5. The average molecular weight is 284 g/mol. The van der Waals surface area contributed by atoms with Crippen LogP contribution in [0.3, 0.4) is 0 Å². The smallest absolute Gasteiger partial charge is 0.320 e. The van der Waals surface area contributed by atoms with Gasteiger partial charge in [-0.1, -0.05) is 6.92 Å². The van der Waals surface area contributed by atoms with Crippen molar-refractivity contribution in [2.45, 2.75) is 45.8 Å². The minimum Gasteiger partial charge on any atom is -0.481 e. The fourth-order valence-electron chi connectivity index (χ4n) is 3.00. The van der Waals surface area contributed by atoms with Gasteiger partial charge in [-0.05, 0) is 26.7 Å². The van der Waals surface area contributed by atoms with Gasteiger partial charge in [0.05, 0.1) is 24.2 Å². The van der Waals surface area contributed by atoms with Crippen molar-refractivity contribution in [1.29, 1.82) is 0 Å². The monoisotopic (exact) mass is 284 g/mol. The first kappa shape index (κ1) is 15.1. The third-order valence-electron chi connectivity index (χ3n) is 4.61. The van der Waals surface area contributed by atoms with Gasteiger partial charge in [0.2, 0.25) is 0 Å². The predicted molar refractivity (Wildman–Crippen MR) is 73.5 cm³/mol. The molecule has 3 unspecified atom stereocenters. The van der Waals surface area contributed by atoms with E-state index in [1.807, 2.05) is 25.7 Å². The summed E-state index contributed by atoms with van der Waals surface area (Å²) in [6.45, 7) is 7.74. The lowest BCUT2D eigenvalue weighted by molar-refractivity contribution is -0.148. The molecule has 2 fully saturated rings. The van der Waals surface area contributed by atoms with E-state index in [1.54, 1.807) is 4.90 Å². The van der Waals surface area contributed by atoms with Crippen LogP contribution in [0.25, 0.3) is 0 Å². The fraction of sp³-hybridized carbons (Fsp3) is 0.857. The van der Waals surface area contributed by atoms with E-state index in [2.05, 4.69) is 0 Å². The van der Waals surface area contributed by atoms with Gasteiger partial charge < -0.3 is 19.6 Å². The number of carboxylic acid groups (broad SMARTS) is 1. The molecule has 2 aliphatic rings. The quantitative estimate of drug-likeness (QED) is 0.832. The van der Waals surface area contributed by atoms with E-state index in [4.69, 9.17) is 4.74 Å². The van der Waals surface area contributed by atoms with Crippen molar-refractivity contribution in [1.82, 2.24) is 9.80 Å². The van der Waals surface area contributed by atoms with Gasteiger partial charge in [-0.15, -0.1) is 0 Å². The number of carboxylic acids is 1. The van der Waals surface area contributed by atoms with E-state index < -0.39 is 11.4 Å². The highest BCUT2D eigenvalue weighted by Gasteiger charge is 2.46. The molecule has 3 atom stereocenters. The molecule has 2 amide bonds. The molecule has 2 rings (SSSR count). The topological polar surface area (TPSA) is 70.1 Å². The van der Waals surface area contributed by atoms with E-state index in [-0.39, 0.29) is 18.2 Å². The number of hydrogen-bond donors (Lipinski definition) is 1. The zero-order valence-corrected chi connectivity index (χ0v) is 12.5. The Hall–Kier alpha value is -1.30. The molecule has 0 radical (unpaired) electrons. The standard InChI is InChI=1S/C14H24N2O4/c1-4-14(12(17)18)5-6-15(9-14)13(19)16-7-11(3)20-8-10(16)2/h10-11H,4-9H2,1-3H3,(H,17,18). The van der Waals surface area contributed by atoms with Crippen LogP contribution >= 0.6 is 0 Å². The Bertz CT molecular complexity index is 401. The maximum atomic E-state index is 12.6.